The van der Waals surface area contributed by atoms with Crippen LogP contribution >= 0.6 is 0 Å². The lowest BCUT2D eigenvalue weighted by Crippen LogP contribution is -1.89. The minimum atomic E-state index is 0.842. The molecule has 4 nitrogen and oxygen atoms in total. The van der Waals surface area contributed by atoms with Gasteiger partial charge in [-0.15, -0.1) is 0 Å². The van der Waals surface area contributed by atoms with Crippen LogP contribution in [0.1, 0.15) is 58.9 Å². The molecule has 7 rings (SSSR count). The summed E-state index contributed by atoms with van der Waals surface area (Å²) in [6.07, 6.45) is 7.66. The number of hydrogen-bond acceptors (Lipinski definition) is 2. The molecular formula is C44H38N4. The Bertz CT molecular complexity index is 2250. The zero-order valence-electron chi connectivity index (χ0n) is 28.0. The van der Waals surface area contributed by atoms with E-state index in [9.17, 15) is 0 Å². The van der Waals surface area contributed by atoms with E-state index in [0.29, 0.717) is 0 Å². The Balaban J connectivity index is 1.80. The molecule has 5 aromatic rings. The van der Waals surface area contributed by atoms with E-state index in [1.807, 2.05) is 36.4 Å². The first-order valence-electron chi connectivity index (χ1n) is 16.2. The number of rotatable bonds is 6. The second-order valence-electron chi connectivity index (χ2n) is 12.3. The third-order valence-corrected chi connectivity index (χ3v) is 9.67. The van der Waals surface area contributed by atoms with Gasteiger partial charge in [-0.25, -0.2) is 9.97 Å². The van der Waals surface area contributed by atoms with Gasteiger partial charge in [-0.05, 0) is 73.2 Å². The fraction of sp³-hybridized carbons (Fsp3) is 0.0909. The van der Waals surface area contributed by atoms with Crippen molar-refractivity contribution in [2.45, 2.75) is 27.7 Å². The second-order valence-corrected chi connectivity index (χ2v) is 12.3. The van der Waals surface area contributed by atoms with E-state index < -0.39 is 0 Å². The maximum absolute atomic E-state index is 5.36. The third kappa shape index (κ3) is 4.68. The highest BCUT2D eigenvalue weighted by atomic mass is 14.8. The lowest BCUT2D eigenvalue weighted by atomic mass is 9.96. The van der Waals surface area contributed by atoms with Crippen molar-refractivity contribution in [2.75, 3.05) is 0 Å². The van der Waals surface area contributed by atoms with Crippen LogP contribution in [-0.2, 0) is 0 Å². The molecule has 0 atom stereocenters. The Morgan fingerprint density at radius 1 is 0.521 bits per heavy atom. The van der Waals surface area contributed by atoms with Gasteiger partial charge < -0.3 is 9.97 Å². The molecule has 2 aliphatic heterocycles. The van der Waals surface area contributed by atoms with Gasteiger partial charge in [0.25, 0.3) is 0 Å². The molecule has 0 fully saturated rings. The van der Waals surface area contributed by atoms with Crippen molar-refractivity contribution in [1.82, 2.24) is 19.9 Å². The number of aromatic nitrogens is 4. The van der Waals surface area contributed by atoms with Crippen molar-refractivity contribution in [1.29, 1.82) is 0 Å². The summed E-state index contributed by atoms with van der Waals surface area (Å²) >= 11 is 0. The maximum atomic E-state index is 5.36. The van der Waals surface area contributed by atoms with Crippen LogP contribution in [0.15, 0.2) is 111 Å². The molecule has 0 aliphatic carbocycles. The van der Waals surface area contributed by atoms with Gasteiger partial charge in [0.2, 0.25) is 0 Å². The van der Waals surface area contributed by atoms with E-state index in [4.69, 9.17) is 9.97 Å². The minimum Gasteiger partial charge on any atom is -0.354 e. The summed E-state index contributed by atoms with van der Waals surface area (Å²) in [5.41, 5.74) is 19.8. The van der Waals surface area contributed by atoms with Crippen molar-refractivity contribution in [3.05, 3.63) is 156 Å². The molecule has 0 saturated heterocycles. The number of aryl methyl sites for hydroxylation is 2. The summed E-state index contributed by atoms with van der Waals surface area (Å²) in [6.45, 7) is 25.4. The van der Waals surface area contributed by atoms with Crippen molar-refractivity contribution in [3.8, 4) is 22.3 Å². The van der Waals surface area contributed by atoms with E-state index in [1.54, 1.807) is 0 Å². The van der Waals surface area contributed by atoms with E-state index in [2.05, 4.69) is 125 Å². The van der Waals surface area contributed by atoms with Gasteiger partial charge in [0.1, 0.15) is 0 Å². The van der Waals surface area contributed by atoms with Crippen molar-refractivity contribution in [3.63, 3.8) is 0 Å². The normalized spacial score (nSPS) is 12.8. The molecule has 2 N–H and O–H groups in total. The van der Waals surface area contributed by atoms with Crippen molar-refractivity contribution >= 4 is 56.5 Å². The molecule has 0 amide bonds. The maximum Gasteiger partial charge on any atom is 0.0772 e. The van der Waals surface area contributed by atoms with Crippen LogP contribution in [0.4, 0.5) is 0 Å². The quantitative estimate of drug-likeness (QED) is 0.198. The van der Waals surface area contributed by atoms with E-state index in [1.165, 1.54) is 0 Å². The highest BCUT2D eigenvalue weighted by molar-refractivity contribution is 6.06. The van der Waals surface area contributed by atoms with Gasteiger partial charge in [-0.3, -0.25) is 0 Å². The average Bonchev–Trinajstić information content (AvgIpc) is 3.79. The number of fused-ring (bicyclic) bond motifs is 8. The number of hydrogen-bond donors (Lipinski definition) is 2. The van der Waals surface area contributed by atoms with Gasteiger partial charge in [0.15, 0.2) is 0 Å². The third-order valence-electron chi connectivity index (χ3n) is 9.67. The van der Waals surface area contributed by atoms with Crippen LogP contribution < -0.4 is 0 Å². The number of nitrogens with zero attached hydrogens (tertiary/aromatic N) is 2. The summed E-state index contributed by atoms with van der Waals surface area (Å²) in [7, 11) is 0. The molecule has 0 radical (unpaired) electrons. The highest BCUT2D eigenvalue weighted by Crippen LogP contribution is 2.43. The molecule has 48 heavy (non-hydrogen) atoms. The Morgan fingerprint density at radius 2 is 0.896 bits per heavy atom. The lowest BCUT2D eigenvalue weighted by molar-refractivity contribution is 1.29. The monoisotopic (exact) mass is 622 g/mol. The molecule has 5 heterocycles. The number of H-pyrrole nitrogens is 2. The first kappa shape index (κ1) is 30.6. The van der Waals surface area contributed by atoms with E-state index in [-0.39, 0.29) is 0 Å². The molecule has 3 aromatic heterocycles. The second kappa shape index (κ2) is 12.0. The Kier molecular flexibility index (Phi) is 7.65. The van der Waals surface area contributed by atoms with Crippen LogP contribution in [0.25, 0.3) is 78.8 Å². The summed E-state index contributed by atoms with van der Waals surface area (Å²) in [4.78, 5) is 18.3. The fourth-order valence-corrected chi connectivity index (χ4v) is 7.19. The van der Waals surface area contributed by atoms with Gasteiger partial charge >= 0.3 is 0 Å². The van der Waals surface area contributed by atoms with Crippen molar-refractivity contribution < 1.29 is 0 Å². The summed E-state index contributed by atoms with van der Waals surface area (Å²) in [5, 5.41) is 0. The van der Waals surface area contributed by atoms with Crippen LogP contribution in [0, 0.1) is 13.8 Å². The first-order chi connectivity index (χ1) is 23.3. The van der Waals surface area contributed by atoms with Gasteiger partial charge in [-0.1, -0.05) is 111 Å². The number of aromatic amines is 2. The number of nitrogens with one attached hydrogen (secondary N) is 2. The average molecular weight is 623 g/mol. The van der Waals surface area contributed by atoms with Gasteiger partial charge in [0.05, 0.1) is 33.8 Å². The number of allylic oxidation sites excluding steroid dienone is 6. The number of benzene rings is 2. The Hall–Kier alpha value is -6.00. The Labute approximate surface area is 282 Å². The summed E-state index contributed by atoms with van der Waals surface area (Å²) in [6, 6.07) is 25.1. The molecule has 4 heteroatoms. The molecule has 0 unspecified atom stereocenters. The van der Waals surface area contributed by atoms with Crippen LogP contribution in [0.2, 0.25) is 0 Å². The summed E-state index contributed by atoms with van der Waals surface area (Å²) in [5.74, 6) is 0. The largest absolute Gasteiger partial charge is 0.354 e. The Morgan fingerprint density at radius 3 is 1.23 bits per heavy atom. The molecule has 0 spiro atoms. The minimum absolute atomic E-state index is 0.842. The van der Waals surface area contributed by atoms with Crippen LogP contribution in [0.3, 0.4) is 0 Å². The molecule has 8 bridgehead atoms. The summed E-state index contributed by atoms with van der Waals surface area (Å²) < 4.78 is 0. The topological polar surface area (TPSA) is 57.4 Å². The predicted octanol–water partition coefficient (Wildman–Crippen LogP) is 11.8. The standard InChI is InChI=1S/C44H38N4/c1-9-31-25(5)41-39(29-19-15-13-16-20-29)42-27(7)33(11-3)37(47-42)24-38-34(12-4)28(8)44(48-38)40(30-21-17-14-18-22-30)43-26(6)32(10-2)36(46-43)23-35(31)45-41/h9-24,45,48H,1-4H2,5-8H3. The molecular weight excluding hydrogens is 585 g/mol. The SMILES string of the molecule is C=CC1=C(C)c2nc1cc1[nH]c(c(C)c1C=C)c(-c1ccccc1)c1nc(cc3[nH]c(c(C)c3C=C)c2-c2ccccc2)C(C=C)=C1C. The smallest absolute Gasteiger partial charge is 0.0772 e. The molecule has 0 saturated carbocycles. The van der Waals surface area contributed by atoms with Gasteiger partial charge in [-0.2, -0.15) is 0 Å². The lowest BCUT2D eigenvalue weighted by Gasteiger charge is -2.07. The van der Waals surface area contributed by atoms with E-state index >= 15 is 0 Å². The zero-order valence-corrected chi connectivity index (χ0v) is 28.0. The first-order valence-corrected chi connectivity index (χ1v) is 16.2. The molecule has 2 aliphatic rings. The van der Waals surface area contributed by atoms with Crippen molar-refractivity contribution in [2.24, 2.45) is 0 Å². The highest BCUT2D eigenvalue weighted by Gasteiger charge is 2.24. The van der Waals surface area contributed by atoms with Crippen LogP contribution in [-0.4, -0.2) is 19.9 Å². The zero-order chi connectivity index (χ0) is 33.7. The van der Waals surface area contributed by atoms with E-state index in [0.717, 1.165) is 112 Å². The fourth-order valence-electron chi connectivity index (χ4n) is 7.19. The van der Waals surface area contributed by atoms with Gasteiger partial charge in [0, 0.05) is 44.4 Å². The van der Waals surface area contributed by atoms with Crippen LogP contribution in [0.5, 0.6) is 0 Å². The molecule has 2 aromatic carbocycles. The molecule has 234 valence electrons. The predicted molar refractivity (Wildman–Crippen MR) is 207 cm³/mol.